The fourth-order valence-electron chi connectivity index (χ4n) is 2.29. The molecule has 0 heterocycles. The monoisotopic (exact) mass is 487 g/mol. The van der Waals surface area contributed by atoms with E-state index >= 15 is 0 Å². The summed E-state index contributed by atoms with van der Waals surface area (Å²) >= 11 is 0. The number of nitrogens with one attached hydrogen (secondary N) is 2. The average molecular weight is 487 g/mol. The second-order valence-electron chi connectivity index (χ2n) is 5.92. The van der Waals surface area contributed by atoms with Crippen LogP contribution in [0.5, 0.6) is 5.75 Å². The maximum Gasteiger partial charge on any atom is 0.191 e. The summed E-state index contributed by atoms with van der Waals surface area (Å²) in [6.45, 7) is 5.73. The SMILES string of the molecule is CCNC(=NCc1ccccc1C)NCC(O)COc1ccc(F)cc1.I. The summed E-state index contributed by atoms with van der Waals surface area (Å²) in [7, 11) is 0. The summed E-state index contributed by atoms with van der Waals surface area (Å²) in [5.41, 5.74) is 2.35. The standard InChI is InChI=1S/C20H26FN3O2.HI/c1-3-22-20(23-12-16-7-5-4-6-15(16)2)24-13-18(25)14-26-19-10-8-17(21)9-11-19;/h4-11,18,25H,3,12-14H2,1-2H3,(H2,22,23,24);1H. The van der Waals surface area contributed by atoms with E-state index in [0.29, 0.717) is 24.8 Å². The third-order valence-electron chi connectivity index (χ3n) is 3.77. The van der Waals surface area contributed by atoms with Crippen molar-refractivity contribution < 1.29 is 14.2 Å². The topological polar surface area (TPSA) is 65.9 Å². The van der Waals surface area contributed by atoms with Gasteiger partial charge in [0.15, 0.2) is 5.96 Å². The van der Waals surface area contributed by atoms with Gasteiger partial charge in [-0.15, -0.1) is 24.0 Å². The molecule has 0 aliphatic carbocycles. The number of benzene rings is 2. The van der Waals surface area contributed by atoms with Gasteiger partial charge in [0.2, 0.25) is 0 Å². The van der Waals surface area contributed by atoms with Crippen LogP contribution in [0.15, 0.2) is 53.5 Å². The van der Waals surface area contributed by atoms with Gasteiger partial charge in [0.25, 0.3) is 0 Å². The van der Waals surface area contributed by atoms with Gasteiger partial charge in [-0.2, -0.15) is 0 Å². The first-order valence-corrected chi connectivity index (χ1v) is 8.71. The van der Waals surface area contributed by atoms with Gasteiger partial charge in [-0.3, -0.25) is 0 Å². The number of aryl methyl sites for hydroxylation is 1. The van der Waals surface area contributed by atoms with Crippen LogP contribution in [-0.2, 0) is 6.54 Å². The molecule has 2 aromatic rings. The number of guanidine groups is 1. The molecule has 0 spiro atoms. The normalized spacial score (nSPS) is 12.1. The molecule has 0 aromatic heterocycles. The van der Waals surface area contributed by atoms with Gasteiger partial charge >= 0.3 is 0 Å². The van der Waals surface area contributed by atoms with Crippen LogP contribution in [0, 0.1) is 12.7 Å². The quantitative estimate of drug-likeness (QED) is 0.304. The Kier molecular flexibility index (Phi) is 10.7. The third-order valence-corrected chi connectivity index (χ3v) is 3.77. The zero-order valence-electron chi connectivity index (χ0n) is 15.6. The third kappa shape index (κ3) is 8.57. The van der Waals surface area contributed by atoms with Crippen LogP contribution in [-0.4, -0.2) is 36.9 Å². The maximum absolute atomic E-state index is 12.9. The van der Waals surface area contributed by atoms with E-state index in [2.05, 4.69) is 28.6 Å². The van der Waals surface area contributed by atoms with Gasteiger partial charge in [-0.25, -0.2) is 9.38 Å². The maximum atomic E-state index is 12.9. The number of halogens is 2. The summed E-state index contributed by atoms with van der Waals surface area (Å²) < 4.78 is 18.3. The Morgan fingerprint density at radius 1 is 1.15 bits per heavy atom. The summed E-state index contributed by atoms with van der Waals surface area (Å²) in [6.07, 6.45) is -0.720. The molecule has 148 valence electrons. The lowest BCUT2D eigenvalue weighted by Crippen LogP contribution is -2.42. The Balaban J connectivity index is 0.00000364. The van der Waals surface area contributed by atoms with Gasteiger partial charge in [0, 0.05) is 13.1 Å². The molecular formula is C20H27FIN3O2. The van der Waals surface area contributed by atoms with Gasteiger partial charge in [0.05, 0.1) is 6.54 Å². The molecule has 2 aromatic carbocycles. The van der Waals surface area contributed by atoms with Crippen LogP contribution >= 0.6 is 24.0 Å². The van der Waals surface area contributed by atoms with Crippen molar-refractivity contribution in [2.24, 2.45) is 4.99 Å². The van der Waals surface area contributed by atoms with E-state index in [0.717, 1.165) is 12.1 Å². The van der Waals surface area contributed by atoms with E-state index < -0.39 is 6.10 Å². The largest absolute Gasteiger partial charge is 0.491 e. The molecule has 27 heavy (non-hydrogen) atoms. The van der Waals surface area contributed by atoms with Crippen molar-refractivity contribution in [3.05, 3.63) is 65.5 Å². The predicted molar refractivity (Wildman–Crippen MR) is 117 cm³/mol. The van der Waals surface area contributed by atoms with Crippen molar-refractivity contribution in [1.82, 2.24) is 10.6 Å². The number of hydrogen-bond donors (Lipinski definition) is 3. The van der Waals surface area contributed by atoms with Crippen molar-refractivity contribution in [2.75, 3.05) is 19.7 Å². The van der Waals surface area contributed by atoms with Crippen LogP contribution in [0.3, 0.4) is 0 Å². The molecule has 1 unspecified atom stereocenters. The van der Waals surface area contributed by atoms with Crippen molar-refractivity contribution >= 4 is 29.9 Å². The molecule has 0 saturated heterocycles. The number of aliphatic hydroxyl groups is 1. The first kappa shape index (κ1) is 23.2. The molecule has 0 aliphatic rings. The zero-order chi connectivity index (χ0) is 18.8. The number of aliphatic hydroxyl groups excluding tert-OH is 1. The zero-order valence-corrected chi connectivity index (χ0v) is 17.9. The fraction of sp³-hybridized carbons (Fsp3) is 0.350. The van der Waals surface area contributed by atoms with Crippen LogP contribution < -0.4 is 15.4 Å². The minimum Gasteiger partial charge on any atom is -0.491 e. The number of hydrogen-bond acceptors (Lipinski definition) is 3. The van der Waals surface area contributed by atoms with E-state index in [4.69, 9.17) is 4.74 Å². The highest BCUT2D eigenvalue weighted by Crippen LogP contribution is 2.11. The summed E-state index contributed by atoms with van der Waals surface area (Å²) in [6, 6.07) is 13.8. The van der Waals surface area contributed by atoms with Gasteiger partial charge in [0.1, 0.15) is 24.3 Å². The Labute approximate surface area is 177 Å². The highest BCUT2D eigenvalue weighted by atomic mass is 127. The highest BCUT2D eigenvalue weighted by Gasteiger charge is 2.07. The van der Waals surface area contributed by atoms with E-state index in [-0.39, 0.29) is 36.4 Å². The lowest BCUT2D eigenvalue weighted by Gasteiger charge is -2.16. The molecule has 0 fully saturated rings. The first-order valence-electron chi connectivity index (χ1n) is 8.71. The van der Waals surface area contributed by atoms with E-state index in [1.807, 2.05) is 25.1 Å². The minimum absolute atomic E-state index is 0. The van der Waals surface area contributed by atoms with Crippen LogP contribution in [0.4, 0.5) is 4.39 Å². The summed E-state index contributed by atoms with van der Waals surface area (Å²) in [4.78, 5) is 4.55. The first-order chi connectivity index (χ1) is 12.6. The second kappa shape index (κ2) is 12.5. The van der Waals surface area contributed by atoms with Gasteiger partial charge < -0.3 is 20.5 Å². The van der Waals surface area contributed by atoms with E-state index in [9.17, 15) is 9.50 Å². The number of aliphatic imine (C=N–C) groups is 1. The van der Waals surface area contributed by atoms with E-state index in [1.165, 1.54) is 29.8 Å². The molecule has 2 rings (SSSR count). The molecule has 3 N–H and O–H groups in total. The summed E-state index contributed by atoms with van der Waals surface area (Å²) in [5, 5.41) is 16.3. The van der Waals surface area contributed by atoms with Crippen molar-refractivity contribution in [1.29, 1.82) is 0 Å². The number of rotatable bonds is 8. The van der Waals surface area contributed by atoms with E-state index in [1.54, 1.807) is 0 Å². The Morgan fingerprint density at radius 3 is 2.52 bits per heavy atom. The van der Waals surface area contributed by atoms with Crippen molar-refractivity contribution in [3.63, 3.8) is 0 Å². The number of nitrogens with zero attached hydrogens (tertiary/aromatic N) is 1. The molecular weight excluding hydrogens is 460 g/mol. The molecule has 1 atom stereocenters. The van der Waals surface area contributed by atoms with Gasteiger partial charge in [-0.05, 0) is 49.2 Å². The Hall–Kier alpha value is -1.87. The second-order valence-corrected chi connectivity index (χ2v) is 5.92. The molecule has 0 amide bonds. The highest BCUT2D eigenvalue weighted by molar-refractivity contribution is 14.0. The number of ether oxygens (including phenoxy) is 1. The average Bonchev–Trinajstić information content (AvgIpc) is 2.64. The molecule has 0 saturated carbocycles. The fourth-order valence-corrected chi connectivity index (χ4v) is 2.29. The van der Waals surface area contributed by atoms with Crippen LogP contribution in [0.25, 0.3) is 0 Å². The lowest BCUT2D eigenvalue weighted by atomic mass is 10.1. The Bertz CT molecular complexity index is 711. The lowest BCUT2D eigenvalue weighted by molar-refractivity contribution is 0.110. The van der Waals surface area contributed by atoms with Crippen molar-refractivity contribution in [3.8, 4) is 5.75 Å². The molecule has 0 radical (unpaired) electrons. The molecule has 5 nitrogen and oxygen atoms in total. The predicted octanol–water partition coefficient (Wildman–Crippen LogP) is 3.25. The van der Waals surface area contributed by atoms with Crippen molar-refractivity contribution in [2.45, 2.75) is 26.5 Å². The van der Waals surface area contributed by atoms with Crippen LogP contribution in [0.1, 0.15) is 18.1 Å². The molecule has 0 aliphatic heterocycles. The Morgan fingerprint density at radius 2 is 1.85 bits per heavy atom. The minimum atomic E-state index is -0.720. The summed E-state index contributed by atoms with van der Waals surface area (Å²) in [5.74, 6) is 0.835. The van der Waals surface area contributed by atoms with Crippen LogP contribution in [0.2, 0.25) is 0 Å². The molecule has 7 heteroatoms. The molecule has 0 bridgehead atoms. The smallest absolute Gasteiger partial charge is 0.191 e. The van der Waals surface area contributed by atoms with Gasteiger partial charge in [-0.1, -0.05) is 24.3 Å².